The highest BCUT2D eigenvalue weighted by molar-refractivity contribution is 6.30. The maximum Gasteiger partial charge on any atom is 0.148 e. The summed E-state index contributed by atoms with van der Waals surface area (Å²) in [6.07, 6.45) is 1.29. The number of Topliss-reactive ketones (excluding diaryl/α,β-unsaturated/α-hetero) is 2. The fourth-order valence-electron chi connectivity index (χ4n) is 2.97. The zero-order valence-corrected chi connectivity index (χ0v) is 13.9. The number of hydrogen-bond donors (Lipinski definition) is 0. The molecule has 0 heterocycles. The number of carbonyl (C=O) groups is 2. The van der Waals surface area contributed by atoms with Crippen LogP contribution in [0.4, 0.5) is 4.39 Å². The molecule has 2 aromatic carbocycles. The van der Waals surface area contributed by atoms with Gasteiger partial charge in [-0.3, -0.25) is 9.59 Å². The number of hydrogen-bond acceptors (Lipinski definition) is 3. The van der Waals surface area contributed by atoms with Crippen LogP contribution in [0.5, 0.6) is 11.5 Å². The van der Waals surface area contributed by atoms with Crippen LogP contribution in [-0.4, -0.2) is 11.6 Å². The summed E-state index contributed by atoms with van der Waals surface area (Å²) in [5, 5.41) is 0.0199. The van der Waals surface area contributed by atoms with Crippen molar-refractivity contribution >= 4 is 23.2 Å². The minimum Gasteiger partial charge on any atom is -0.457 e. The normalized spacial score (nSPS) is 15.1. The first-order chi connectivity index (χ1) is 11.5. The monoisotopic (exact) mass is 346 g/mol. The molecule has 0 unspecified atom stereocenters. The van der Waals surface area contributed by atoms with Crippen molar-refractivity contribution in [2.24, 2.45) is 0 Å². The van der Waals surface area contributed by atoms with Gasteiger partial charge in [0.2, 0.25) is 0 Å². The number of ether oxygens (including phenoxy) is 1. The Bertz CT molecular complexity index is 800. The predicted molar refractivity (Wildman–Crippen MR) is 89.3 cm³/mol. The van der Waals surface area contributed by atoms with E-state index in [1.165, 1.54) is 12.1 Å². The Morgan fingerprint density at radius 3 is 2.33 bits per heavy atom. The molecular formula is C19H16ClFO3. The average Bonchev–Trinajstić information content (AvgIpc) is 2.89. The highest BCUT2D eigenvalue weighted by Crippen LogP contribution is 2.34. The van der Waals surface area contributed by atoms with Crippen molar-refractivity contribution < 1.29 is 18.7 Å². The minimum absolute atomic E-state index is 0.0199. The fourth-order valence-corrected chi connectivity index (χ4v) is 3.08. The summed E-state index contributed by atoms with van der Waals surface area (Å²) < 4.78 is 19.2. The van der Waals surface area contributed by atoms with Gasteiger partial charge >= 0.3 is 0 Å². The Morgan fingerprint density at radius 2 is 1.71 bits per heavy atom. The SMILES string of the molecule is CCc1ccc(Oc2ccc(Cl)c(F)c2)cc1C1C(=O)CCC1=O. The van der Waals surface area contributed by atoms with Crippen LogP contribution in [0.15, 0.2) is 36.4 Å². The van der Waals surface area contributed by atoms with Crippen molar-refractivity contribution in [1.82, 2.24) is 0 Å². The standard InChI is InChI=1S/C19H16ClFO3/c1-2-11-3-4-12(24-13-5-6-15(20)16(21)10-13)9-14(11)19-17(22)7-8-18(19)23/h3-6,9-10,19H,2,7-8H2,1H3. The summed E-state index contributed by atoms with van der Waals surface area (Å²) in [7, 11) is 0. The third-order valence-electron chi connectivity index (χ3n) is 4.20. The molecule has 0 spiro atoms. The molecule has 0 N–H and O–H groups in total. The lowest BCUT2D eigenvalue weighted by atomic mass is 9.90. The van der Waals surface area contributed by atoms with Crippen LogP contribution in [0.2, 0.25) is 5.02 Å². The number of rotatable bonds is 4. The molecule has 1 fully saturated rings. The number of halogens is 2. The third-order valence-corrected chi connectivity index (χ3v) is 4.50. The summed E-state index contributed by atoms with van der Waals surface area (Å²) in [5.74, 6) is -0.618. The number of carbonyl (C=O) groups excluding carboxylic acids is 2. The second kappa shape index (κ2) is 6.73. The maximum atomic E-state index is 13.5. The largest absolute Gasteiger partial charge is 0.457 e. The highest BCUT2D eigenvalue weighted by Gasteiger charge is 2.35. The molecule has 3 nitrogen and oxygen atoms in total. The van der Waals surface area contributed by atoms with Gasteiger partial charge in [0.15, 0.2) is 0 Å². The Balaban J connectivity index is 1.95. The van der Waals surface area contributed by atoms with Crippen LogP contribution in [0.25, 0.3) is 0 Å². The molecule has 0 saturated heterocycles. The first-order valence-corrected chi connectivity index (χ1v) is 8.18. The van der Waals surface area contributed by atoms with Gasteiger partial charge in [0.25, 0.3) is 0 Å². The molecule has 3 rings (SSSR count). The van der Waals surface area contributed by atoms with E-state index in [0.29, 0.717) is 36.3 Å². The molecule has 1 aliphatic rings. The maximum absolute atomic E-state index is 13.5. The van der Waals surface area contributed by atoms with Crippen LogP contribution in [0.1, 0.15) is 36.8 Å². The van der Waals surface area contributed by atoms with Gasteiger partial charge in [0.05, 0.1) is 5.02 Å². The summed E-state index contributed by atoms with van der Waals surface area (Å²) in [4.78, 5) is 24.2. The summed E-state index contributed by atoms with van der Waals surface area (Å²) >= 11 is 5.66. The van der Waals surface area contributed by atoms with Crippen LogP contribution in [0.3, 0.4) is 0 Å². The van der Waals surface area contributed by atoms with E-state index in [9.17, 15) is 14.0 Å². The van der Waals surface area contributed by atoms with Crippen LogP contribution in [0, 0.1) is 5.82 Å². The molecule has 1 saturated carbocycles. The highest BCUT2D eigenvalue weighted by atomic mass is 35.5. The Kier molecular flexibility index (Phi) is 4.67. The zero-order valence-electron chi connectivity index (χ0n) is 13.1. The van der Waals surface area contributed by atoms with E-state index in [1.807, 2.05) is 13.0 Å². The molecule has 24 heavy (non-hydrogen) atoms. The van der Waals surface area contributed by atoms with Crippen LogP contribution >= 0.6 is 11.6 Å². The van der Waals surface area contributed by atoms with Crippen molar-refractivity contribution in [3.63, 3.8) is 0 Å². The van der Waals surface area contributed by atoms with Gasteiger partial charge in [-0.15, -0.1) is 0 Å². The molecule has 1 aliphatic carbocycles. The lowest BCUT2D eigenvalue weighted by Gasteiger charge is -2.15. The first kappa shape index (κ1) is 16.7. The number of ketones is 2. The molecule has 0 aromatic heterocycles. The van der Waals surface area contributed by atoms with Crippen molar-refractivity contribution in [2.45, 2.75) is 32.1 Å². The van der Waals surface area contributed by atoms with Gasteiger partial charge < -0.3 is 4.74 Å². The van der Waals surface area contributed by atoms with Gasteiger partial charge in [-0.25, -0.2) is 4.39 Å². The topological polar surface area (TPSA) is 43.4 Å². The molecular weight excluding hydrogens is 331 g/mol. The average molecular weight is 347 g/mol. The Hall–Kier alpha value is -2.20. The van der Waals surface area contributed by atoms with Gasteiger partial charge in [0, 0.05) is 18.9 Å². The second-order valence-electron chi connectivity index (χ2n) is 5.76. The van der Waals surface area contributed by atoms with E-state index in [4.69, 9.17) is 16.3 Å². The van der Waals surface area contributed by atoms with E-state index >= 15 is 0 Å². The van der Waals surface area contributed by atoms with Crippen LogP contribution in [-0.2, 0) is 16.0 Å². The summed E-state index contributed by atoms with van der Waals surface area (Å²) in [6, 6.07) is 9.47. The van der Waals surface area contributed by atoms with Crippen molar-refractivity contribution in [3.05, 3.63) is 58.4 Å². The Morgan fingerprint density at radius 1 is 1.08 bits per heavy atom. The molecule has 0 atom stereocenters. The second-order valence-corrected chi connectivity index (χ2v) is 6.16. The summed E-state index contributed by atoms with van der Waals surface area (Å²) in [6.45, 7) is 1.97. The van der Waals surface area contributed by atoms with Crippen molar-refractivity contribution in [1.29, 1.82) is 0 Å². The minimum atomic E-state index is -0.703. The predicted octanol–water partition coefficient (Wildman–Crippen LogP) is 4.85. The van der Waals surface area contributed by atoms with Gasteiger partial charge in [0.1, 0.15) is 34.8 Å². The van der Waals surface area contributed by atoms with Crippen LogP contribution < -0.4 is 4.74 Å². The van der Waals surface area contributed by atoms with Gasteiger partial charge in [-0.2, -0.15) is 0 Å². The van der Waals surface area contributed by atoms with E-state index in [2.05, 4.69) is 0 Å². The third kappa shape index (κ3) is 3.20. The molecule has 0 aliphatic heterocycles. The molecule has 2 aromatic rings. The van der Waals surface area contributed by atoms with Crippen molar-refractivity contribution in [2.75, 3.05) is 0 Å². The van der Waals surface area contributed by atoms with E-state index in [0.717, 1.165) is 5.56 Å². The fraction of sp³-hybridized carbons (Fsp3) is 0.263. The smallest absolute Gasteiger partial charge is 0.148 e. The quantitative estimate of drug-likeness (QED) is 0.743. The number of aryl methyl sites for hydroxylation is 1. The Labute approximate surface area is 144 Å². The lowest BCUT2D eigenvalue weighted by Crippen LogP contribution is -2.14. The molecule has 0 bridgehead atoms. The zero-order chi connectivity index (χ0) is 17.3. The van der Waals surface area contributed by atoms with Crippen molar-refractivity contribution in [3.8, 4) is 11.5 Å². The molecule has 0 amide bonds. The molecule has 124 valence electrons. The van der Waals surface area contributed by atoms with Gasteiger partial charge in [-0.05, 0) is 41.8 Å². The first-order valence-electron chi connectivity index (χ1n) is 7.80. The van der Waals surface area contributed by atoms with E-state index < -0.39 is 11.7 Å². The molecule has 5 heteroatoms. The lowest BCUT2D eigenvalue weighted by molar-refractivity contribution is -0.123. The number of benzene rings is 2. The molecule has 0 radical (unpaired) electrons. The van der Waals surface area contributed by atoms with E-state index in [1.54, 1.807) is 18.2 Å². The summed E-state index contributed by atoms with van der Waals surface area (Å²) in [5.41, 5.74) is 1.63. The van der Waals surface area contributed by atoms with Gasteiger partial charge in [-0.1, -0.05) is 24.6 Å². The van der Waals surface area contributed by atoms with E-state index in [-0.39, 0.29) is 16.6 Å².